The van der Waals surface area contributed by atoms with Crippen molar-refractivity contribution in [2.75, 3.05) is 0 Å². The van der Waals surface area contributed by atoms with Gasteiger partial charge in [0.15, 0.2) is 17.5 Å². The summed E-state index contributed by atoms with van der Waals surface area (Å²) in [6.45, 7) is 0. The Bertz CT molecular complexity index is 3190. The zero-order chi connectivity index (χ0) is 36.3. The maximum atomic E-state index is 6.73. The van der Waals surface area contributed by atoms with Crippen LogP contribution in [0.2, 0.25) is 0 Å². The molecule has 0 saturated carbocycles. The van der Waals surface area contributed by atoms with Gasteiger partial charge < -0.3 is 4.42 Å². The summed E-state index contributed by atoms with van der Waals surface area (Å²) in [5.74, 6) is 1.88. The molecular formula is C50H30N4O. The maximum absolute atomic E-state index is 6.73. The van der Waals surface area contributed by atoms with Crippen LogP contribution < -0.4 is 0 Å². The van der Waals surface area contributed by atoms with E-state index in [9.17, 15) is 0 Å². The lowest BCUT2D eigenvalue weighted by atomic mass is 9.92. The minimum atomic E-state index is 0.616. The minimum absolute atomic E-state index is 0.616. The third-order valence-electron chi connectivity index (χ3n) is 10.5. The van der Waals surface area contributed by atoms with E-state index in [2.05, 4.69) is 109 Å². The summed E-state index contributed by atoms with van der Waals surface area (Å²) in [6, 6.07) is 62.7. The van der Waals surface area contributed by atoms with Gasteiger partial charge in [-0.05, 0) is 45.3 Å². The molecule has 0 fully saturated rings. The summed E-state index contributed by atoms with van der Waals surface area (Å²) in [5.41, 5.74) is 9.38. The number of rotatable bonds is 5. The number of pyridine rings is 1. The summed E-state index contributed by atoms with van der Waals surface area (Å²) in [4.78, 5) is 20.4. The molecule has 5 nitrogen and oxygen atoms in total. The molecule has 3 aromatic heterocycles. The SMILES string of the molecule is c1ccc(-c2nc(-c3ccccc3)nc(-c3ccc(-c4cccc5c4nc(-c4cc6ccccc6c6ccccc46)c4c6ccccc6oc54)cc3)n2)cc1. The van der Waals surface area contributed by atoms with Crippen molar-refractivity contribution < 1.29 is 4.42 Å². The van der Waals surface area contributed by atoms with Gasteiger partial charge in [0, 0.05) is 38.6 Å². The van der Waals surface area contributed by atoms with E-state index in [1.807, 2.05) is 72.8 Å². The van der Waals surface area contributed by atoms with Gasteiger partial charge in [0.25, 0.3) is 0 Å². The molecule has 256 valence electrons. The third-order valence-corrected chi connectivity index (χ3v) is 10.5. The molecule has 0 aliphatic rings. The zero-order valence-electron chi connectivity index (χ0n) is 29.5. The van der Waals surface area contributed by atoms with Crippen LogP contribution in [-0.4, -0.2) is 19.9 Å². The largest absolute Gasteiger partial charge is 0.455 e. The molecule has 0 aliphatic heterocycles. The average molecular weight is 703 g/mol. The molecule has 0 bridgehead atoms. The first-order valence-electron chi connectivity index (χ1n) is 18.4. The number of benzene rings is 8. The topological polar surface area (TPSA) is 64.7 Å². The number of para-hydroxylation sites is 2. The smallest absolute Gasteiger partial charge is 0.164 e. The van der Waals surface area contributed by atoms with E-state index in [1.54, 1.807) is 0 Å². The molecule has 8 aromatic carbocycles. The molecule has 11 aromatic rings. The second kappa shape index (κ2) is 12.6. The van der Waals surface area contributed by atoms with Crippen molar-refractivity contribution in [3.63, 3.8) is 0 Å². The Morgan fingerprint density at radius 3 is 1.56 bits per heavy atom. The fourth-order valence-corrected chi connectivity index (χ4v) is 7.90. The molecule has 0 spiro atoms. The third kappa shape index (κ3) is 5.17. The fourth-order valence-electron chi connectivity index (χ4n) is 7.90. The van der Waals surface area contributed by atoms with Crippen molar-refractivity contribution >= 4 is 54.4 Å². The highest BCUT2D eigenvalue weighted by Crippen LogP contribution is 2.44. The van der Waals surface area contributed by atoms with Gasteiger partial charge in [-0.3, -0.25) is 0 Å². The summed E-state index contributed by atoms with van der Waals surface area (Å²) in [5, 5.41) is 7.80. The second-order valence-corrected chi connectivity index (χ2v) is 13.8. The molecule has 0 radical (unpaired) electrons. The van der Waals surface area contributed by atoms with E-state index < -0.39 is 0 Å². The number of aromatic nitrogens is 4. The molecule has 0 saturated heterocycles. The molecule has 0 amide bonds. The van der Waals surface area contributed by atoms with Gasteiger partial charge >= 0.3 is 0 Å². The highest BCUT2D eigenvalue weighted by molar-refractivity contribution is 6.24. The van der Waals surface area contributed by atoms with E-state index >= 15 is 0 Å². The van der Waals surface area contributed by atoms with Crippen LogP contribution in [0, 0.1) is 0 Å². The number of hydrogen-bond donors (Lipinski definition) is 0. The quantitative estimate of drug-likeness (QED) is 0.167. The Labute approximate surface area is 316 Å². The number of nitrogens with zero attached hydrogens (tertiary/aromatic N) is 4. The molecule has 0 aliphatic carbocycles. The summed E-state index contributed by atoms with van der Waals surface area (Å²) >= 11 is 0. The Kier molecular flexibility index (Phi) is 7.10. The van der Waals surface area contributed by atoms with Crippen LogP contribution in [0.3, 0.4) is 0 Å². The molecule has 55 heavy (non-hydrogen) atoms. The van der Waals surface area contributed by atoms with Crippen LogP contribution in [0.1, 0.15) is 0 Å². The molecule has 3 heterocycles. The molecule has 5 heteroatoms. The first-order valence-corrected chi connectivity index (χ1v) is 18.4. The van der Waals surface area contributed by atoms with Gasteiger partial charge in [-0.2, -0.15) is 0 Å². The van der Waals surface area contributed by atoms with Crippen molar-refractivity contribution in [1.82, 2.24) is 19.9 Å². The van der Waals surface area contributed by atoms with Crippen LogP contribution in [0.25, 0.3) is 111 Å². The fraction of sp³-hybridized carbons (Fsp3) is 0. The Balaban J connectivity index is 1.11. The molecule has 11 rings (SSSR count). The Morgan fingerprint density at radius 2 is 0.873 bits per heavy atom. The van der Waals surface area contributed by atoms with Crippen LogP contribution >= 0.6 is 0 Å². The van der Waals surface area contributed by atoms with E-state index in [1.165, 1.54) is 16.2 Å². The van der Waals surface area contributed by atoms with Gasteiger partial charge in [-0.15, -0.1) is 0 Å². The minimum Gasteiger partial charge on any atom is -0.455 e. The standard InChI is InChI=1S/C50H30N4O/c1-3-14-32(15-4-1)48-52-49(33-16-5-2-6-17-33)54-50(53-48)34-28-26-31(27-29-34)37-23-13-24-41-45(37)51-46(44-40-22-11-12-25-43(40)55-47(41)44)42-30-35-18-7-8-19-36(35)38-20-9-10-21-39(38)42/h1-30H. The van der Waals surface area contributed by atoms with Crippen molar-refractivity contribution in [2.45, 2.75) is 0 Å². The number of hydrogen-bond acceptors (Lipinski definition) is 5. The average Bonchev–Trinajstić information content (AvgIpc) is 3.66. The van der Waals surface area contributed by atoms with Gasteiger partial charge in [0.05, 0.1) is 16.6 Å². The van der Waals surface area contributed by atoms with Crippen LogP contribution in [0.5, 0.6) is 0 Å². The van der Waals surface area contributed by atoms with Crippen LogP contribution in [0.4, 0.5) is 0 Å². The Morgan fingerprint density at radius 1 is 0.345 bits per heavy atom. The monoisotopic (exact) mass is 702 g/mol. The van der Waals surface area contributed by atoms with E-state index in [0.29, 0.717) is 17.5 Å². The second-order valence-electron chi connectivity index (χ2n) is 13.8. The van der Waals surface area contributed by atoms with Crippen molar-refractivity contribution in [2.24, 2.45) is 0 Å². The highest BCUT2D eigenvalue weighted by Gasteiger charge is 2.22. The van der Waals surface area contributed by atoms with Gasteiger partial charge in [0.1, 0.15) is 11.2 Å². The van der Waals surface area contributed by atoms with Crippen molar-refractivity contribution in [1.29, 1.82) is 0 Å². The normalized spacial score (nSPS) is 11.6. The molecule has 0 N–H and O–H groups in total. The van der Waals surface area contributed by atoms with Gasteiger partial charge in [-0.1, -0.05) is 164 Å². The molecule has 0 unspecified atom stereocenters. The van der Waals surface area contributed by atoms with Crippen molar-refractivity contribution in [3.8, 4) is 56.5 Å². The molecule has 0 atom stereocenters. The van der Waals surface area contributed by atoms with Gasteiger partial charge in [0.2, 0.25) is 0 Å². The lowest BCUT2D eigenvalue weighted by Gasteiger charge is -2.14. The Hall–Kier alpha value is -7.50. The predicted molar refractivity (Wildman–Crippen MR) is 225 cm³/mol. The zero-order valence-corrected chi connectivity index (χ0v) is 29.5. The lowest BCUT2D eigenvalue weighted by Crippen LogP contribution is -2.00. The highest BCUT2D eigenvalue weighted by atomic mass is 16.3. The predicted octanol–water partition coefficient (Wildman–Crippen LogP) is 13.0. The number of fused-ring (bicyclic) bond motifs is 8. The summed E-state index contributed by atoms with van der Waals surface area (Å²) in [6.07, 6.45) is 0. The van der Waals surface area contributed by atoms with Crippen molar-refractivity contribution in [3.05, 3.63) is 182 Å². The molecular weight excluding hydrogens is 673 g/mol. The van der Waals surface area contributed by atoms with Crippen LogP contribution in [0.15, 0.2) is 186 Å². The van der Waals surface area contributed by atoms with Crippen LogP contribution in [-0.2, 0) is 0 Å². The summed E-state index contributed by atoms with van der Waals surface area (Å²) < 4.78 is 6.73. The first-order chi connectivity index (χ1) is 27.3. The van der Waals surface area contributed by atoms with Gasteiger partial charge in [-0.25, -0.2) is 19.9 Å². The van der Waals surface area contributed by atoms with E-state index in [-0.39, 0.29) is 0 Å². The van der Waals surface area contributed by atoms with E-state index in [0.717, 1.165) is 77.3 Å². The maximum Gasteiger partial charge on any atom is 0.164 e. The lowest BCUT2D eigenvalue weighted by molar-refractivity contribution is 0.672. The summed E-state index contributed by atoms with van der Waals surface area (Å²) in [7, 11) is 0. The van der Waals surface area contributed by atoms with E-state index in [4.69, 9.17) is 24.4 Å². The number of furan rings is 1. The first kappa shape index (κ1) is 31.1.